The normalized spacial score (nSPS) is 15.4. The molecular weight excluding hydrogens is 348 g/mol. The van der Waals surface area contributed by atoms with Crippen molar-refractivity contribution in [3.8, 4) is 0 Å². The summed E-state index contributed by atoms with van der Waals surface area (Å²) in [5, 5.41) is 0. The van der Waals surface area contributed by atoms with Crippen LogP contribution < -0.4 is 0 Å². The third-order valence-electron chi connectivity index (χ3n) is 4.99. The van der Waals surface area contributed by atoms with Crippen LogP contribution in [-0.4, -0.2) is 5.78 Å². The zero-order valence-electron chi connectivity index (χ0n) is 15.7. The summed E-state index contributed by atoms with van der Waals surface area (Å²) < 4.78 is 0. The summed E-state index contributed by atoms with van der Waals surface area (Å²) in [7, 11) is 0. The molecule has 0 unspecified atom stereocenters. The second-order valence-electron chi connectivity index (χ2n) is 7.00. The van der Waals surface area contributed by atoms with Gasteiger partial charge in [0.15, 0.2) is 5.78 Å². The number of aryl methyl sites for hydroxylation is 2. The molecule has 0 bridgehead atoms. The Bertz CT molecular complexity index is 1030. The lowest BCUT2D eigenvalue weighted by molar-refractivity contribution is 0.101. The van der Waals surface area contributed by atoms with E-state index in [4.69, 9.17) is 0 Å². The van der Waals surface area contributed by atoms with Gasteiger partial charge in [-0.2, -0.15) is 0 Å². The number of rotatable bonds is 2. The molecule has 1 aliphatic rings. The average Bonchev–Trinajstić information content (AvgIpc) is 2.75. The van der Waals surface area contributed by atoms with E-state index in [1.165, 1.54) is 37.6 Å². The minimum Gasteiger partial charge on any atom is -0.295 e. The van der Waals surface area contributed by atoms with Crippen LogP contribution in [0.2, 0.25) is 0 Å². The maximum atomic E-state index is 11.8. The number of Topliss-reactive ketones (excluding diaryl/α,β-unsaturated/α-hetero) is 1. The van der Waals surface area contributed by atoms with Crippen LogP contribution in [0.4, 0.5) is 0 Å². The van der Waals surface area contributed by atoms with Gasteiger partial charge >= 0.3 is 0 Å². The Balaban J connectivity index is 1.83. The Morgan fingerprint density at radius 3 is 2.48 bits per heavy atom. The maximum Gasteiger partial charge on any atom is 0.159 e. The molecule has 1 aliphatic heterocycles. The van der Waals surface area contributed by atoms with Gasteiger partial charge in [-0.05, 0) is 67.2 Å². The van der Waals surface area contributed by atoms with Gasteiger partial charge in [-0.3, -0.25) is 4.79 Å². The molecule has 1 heterocycles. The first-order valence-electron chi connectivity index (χ1n) is 9.30. The van der Waals surface area contributed by atoms with Crippen molar-refractivity contribution in [2.75, 3.05) is 0 Å². The Morgan fingerprint density at radius 1 is 0.926 bits per heavy atom. The first-order valence-corrected chi connectivity index (χ1v) is 10.1. The van der Waals surface area contributed by atoms with Crippen molar-refractivity contribution < 1.29 is 4.79 Å². The van der Waals surface area contributed by atoms with Crippen LogP contribution in [0.15, 0.2) is 82.6 Å². The van der Waals surface area contributed by atoms with Crippen molar-refractivity contribution in [3.63, 3.8) is 0 Å². The lowest BCUT2D eigenvalue weighted by atomic mass is 9.95. The molecule has 1 nitrogen and oxygen atoms in total. The molecule has 27 heavy (non-hydrogen) atoms. The van der Waals surface area contributed by atoms with Crippen LogP contribution in [0.3, 0.4) is 0 Å². The highest BCUT2D eigenvalue weighted by molar-refractivity contribution is 7.99. The largest absolute Gasteiger partial charge is 0.295 e. The number of carbonyl (C=O) groups excluding carboxylic acids is 1. The van der Waals surface area contributed by atoms with E-state index in [0.717, 1.165) is 18.4 Å². The maximum absolute atomic E-state index is 11.8. The molecule has 0 spiro atoms. The third-order valence-corrected chi connectivity index (χ3v) is 6.18. The highest BCUT2D eigenvalue weighted by Crippen LogP contribution is 2.39. The second-order valence-corrected chi connectivity index (χ2v) is 8.08. The SMILES string of the molecule is CC(=O)c1ccc2c(c1)CC/C=C(\c1ccc(C)cc1)c1ccccc1S2. The van der Waals surface area contributed by atoms with Crippen molar-refractivity contribution in [1.29, 1.82) is 0 Å². The topological polar surface area (TPSA) is 17.1 Å². The fourth-order valence-corrected chi connectivity index (χ4v) is 4.58. The van der Waals surface area contributed by atoms with Crippen LogP contribution in [-0.2, 0) is 6.42 Å². The summed E-state index contributed by atoms with van der Waals surface area (Å²) in [6.45, 7) is 3.75. The highest BCUT2D eigenvalue weighted by atomic mass is 32.2. The lowest BCUT2D eigenvalue weighted by Crippen LogP contribution is -1.96. The summed E-state index contributed by atoms with van der Waals surface area (Å²) >= 11 is 1.80. The predicted octanol–water partition coefficient (Wildman–Crippen LogP) is 6.73. The Kier molecular flexibility index (Phi) is 5.00. The number of benzene rings is 3. The molecule has 0 saturated heterocycles. The molecule has 0 atom stereocenters. The van der Waals surface area contributed by atoms with Gasteiger partial charge in [0, 0.05) is 15.4 Å². The first kappa shape index (κ1) is 17.8. The summed E-state index contributed by atoms with van der Waals surface area (Å²) in [6.07, 6.45) is 4.23. The van der Waals surface area contributed by atoms with E-state index in [1.54, 1.807) is 18.7 Å². The zero-order valence-corrected chi connectivity index (χ0v) is 16.5. The quantitative estimate of drug-likeness (QED) is 0.465. The number of ketones is 1. The molecule has 3 aromatic rings. The number of carbonyl (C=O) groups is 1. The fraction of sp³-hybridized carbons (Fsp3) is 0.160. The van der Waals surface area contributed by atoms with E-state index in [0.29, 0.717) is 0 Å². The van der Waals surface area contributed by atoms with Gasteiger partial charge < -0.3 is 0 Å². The molecular formula is C25H22OS. The van der Waals surface area contributed by atoms with Gasteiger partial charge in [0.25, 0.3) is 0 Å². The van der Waals surface area contributed by atoms with Crippen molar-refractivity contribution in [2.45, 2.75) is 36.5 Å². The van der Waals surface area contributed by atoms with E-state index >= 15 is 0 Å². The molecule has 3 aromatic carbocycles. The Labute approximate surface area is 165 Å². The lowest BCUT2D eigenvalue weighted by Gasteiger charge is -2.14. The smallest absolute Gasteiger partial charge is 0.159 e. The summed E-state index contributed by atoms with van der Waals surface area (Å²) in [4.78, 5) is 14.3. The Hall–Kier alpha value is -2.58. The molecule has 0 amide bonds. The van der Waals surface area contributed by atoms with E-state index in [-0.39, 0.29) is 5.78 Å². The van der Waals surface area contributed by atoms with Gasteiger partial charge in [0.2, 0.25) is 0 Å². The number of hydrogen-bond donors (Lipinski definition) is 0. The van der Waals surface area contributed by atoms with Crippen LogP contribution in [0.5, 0.6) is 0 Å². The van der Waals surface area contributed by atoms with Gasteiger partial charge in [-0.25, -0.2) is 0 Å². The van der Waals surface area contributed by atoms with Crippen molar-refractivity contribution >= 4 is 23.1 Å². The molecule has 0 aromatic heterocycles. The van der Waals surface area contributed by atoms with E-state index in [9.17, 15) is 4.79 Å². The average molecular weight is 371 g/mol. The highest BCUT2D eigenvalue weighted by Gasteiger charge is 2.15. The van der Waals surface area contributed by atoms with Gasteiger partial charge in [0.1, 0.15) is 0 Å². The van der Waals surface area contributed by atoms with Gasteiger partial charge in [0.05, 0.1) is 0 Å². The van der Waals surface area contributed by atoms with Crippen LogP contribution in [0, 0.1) is 6.92 Å². The fourth-order valence-electron chi connectivity index (χ4n) is 3.48. The second kappa shape index (κ2) is 7.58. The molecule has 0 fully saturated rings. The standard InChI is InChI=1S/C25H22OS/c1-17-10-12-19(13-11-17)22-8-5-6-21-16-20(18(2)26)14-15-24(21)27-25-9-4-3-7-23(22)25/h3-4,7-16H,5-6H2,1-2H3/b22-8+. The summed E-state index contributed by atoms with van der Waals surface area (Å²) in [5.74, 6) is 0.124. The summed E-state index contributed by atoms with van der Waals surface area (Å²) in [5.41, 5.74) is 7.14. The molecule has 4 rings (SSSR count). The molecule has 0 saturated carbocycles. The van der Waals surface area contributed by atoms with Crippen molar-refractivity contribution in [2.24, 2.45) is 0 Å². The predicted molar refractivity (Wildman–Crippen MR) is 114 cm³/mol. The summed E-state index contributed by atoms with van der Waals surface area (Å²) in [6, 6.07) is 23.5. The minimum absolute atomic E-state index is 0.124. The van der Waals surface area contributed by atoms with Crippen LogP contribution in [0.1, 0.15) is 46.0 Å². The van der Waals surface area contributed by atoms with Crippen molar-refractivity contribution in [3.05, 3.63) is 101 Å². The van der Waals surface area contributed by atoms with E-state index in [1.807, 2.05) is 6.07 Å². The number of allylic oxidation sites excluding steroid dienone is 1. The third kappa shape index (κ3) is 3.77. The molecule has 134 valence electrons. The number of fused-ring (bicyclic) bond motifs is 2. The minimum atomic E-state index is 0.124. The van der Waals surface area contributed by atoms with Gasteiger partial charge in [-0.1, -0.05) is 71.9 Å². The van der Waals surface area contributed by atoms with Gasteiger partial charge in [-0.15, -0.1) is 0 Å². The van der Waals surface area contributed by atoms with Crippen molar-refractivity contribution in [1.82, 2.24) is 0 Å². The molecule has 2 heteroatoms. The van der Waals surface area contributed by atoms with E-state index < -0.39 is 0 Å². The van der Waals surface area contributed by atoms with E-state index in [2.05, 4.69) is 73.7 Å². The van der Waals surface area contributed by atoms with Crippen LogP contribution in [0.25, 0.3) is 5.57 Å². The molecule has 0 N–H and O–H groups in total. The Morgan fingerprint density at radius 2 is 1.70 bits per heavy atom. The molecule has 0 radical (unpaired) electrons. The first-order chi connectivity index (χ1) is 13.1. The van der Waals surface area contributed by atoms with Crippen LogP contribution >= 0.6 is 11.8 Å². The zero-order chi connectivity index (χ0) is 18.8. The monoisotopic (exact) mass is 370 g/mol. The number of hydrogen-bond acceptors (Lipinski definition) is 2. The molecule has 0 aliphatic carbocycles.